The van der Waals surface area contributed by atoms with Crippen LogP contribution >= 0.6 is 11.6 Å². The smallest absolute Gasteiger partial charge is 0.413 e. The fourth-order valence-electron chi connectivity index (χ4n) is 4.15. The number of aromatic nitrogens is 2. The van der Waals surface area contributed by atoms with Crippen molar-refractivity contribution >= 4 is 50.2 Å². The molecule has 1 amide bonds. The fraction of sp³-hybridized carbons (Fsp3) is 0.276. The second-order valence-electron chi connectivity index (χ2n) is 9.14. The number of aryl methyl sites for hydroxylation is 1. The number of aliphatic hydroxyl groups is 1. The fourth-order valence-corrected chi connectivity index (χ4v) is 4.91. The molecule has 3 N–H and O–H groups in total. The molecule has 1 aromatic heterocycles. The van der Waals surface area contributed by atoms with Crippen LogP contribution in [0.25, 0.3) is 10.9 Å². The largest absolute Gasteiger partial charge is 0.495 e. The third kappa shape index (κ3) is 8.23. The summed E-state index contributed by atoms with van der Waals surface area (Å²) in [6.45, 7) is 2.17. The number of benzene rings is 3. The zero-order chi connectivity index (χ0) is 31.7. The van der Waals surface area contributed by atoms with Crippen molar-refractivity contribution < 1.29 is 37.1 Å². The van der Waals surface area contributed by atoms with E-state index in [1.165, 1.54) is 37.6 Å². The van der Waals surface area contributed by atoms with E-state index < -0.39 is 16.2 Å². The quantitative estimate of drug-likeness (QED) is 0.215. The SMILES string of the molecule is COC(=O)N(C)c1cc2c(NCc3ccc(OC)c(Cl)c3)ncnc2c(CCO)c1OC.Cc1ccc(S(=O)(=O)O)cc1. The van der Waals surface area contributed by atoms with Gasteiger partial charge in [-0.2, -0.15) is 8.42 Å². The van der Waals surface area contributed by atoms with Crippen LogP contribution in [0.5, 0.6) is 11.5 Å². The lowest BCUT2D eigenvalue weighted by atomic mass is 10.0. The van der Waals surface area contributed by atoms with Crippen molar-refractivity contribution in [3.63, 3.8) is 0 Å². The first-order valence-electron chi connectivity index (χ1n) is 12.8. The molecule has 12 nitrogen and oxygen atoms in total. The summed E-state index contributed by atoms with van der Waals surface area (Å²) in [5.41, 5.74) is 3.64. The first-order chi connectivity index (χ1) is 20.4. The molecule has 0 bridgehead atoms. The van der Waals surface area contributed by atoms with Crippen molar-refractivity contribution in [3.05, 3.63) is 76.6 Å². The Kier molecular flexibility index (Phi) is 11.5. The second kappa shape index (κ2) is 14.8. The molecule has 0 radical (unpaired) electrons. The number of nitrogens with zero attached hydrogens (tertiary/aromatic N) is 3. The van der Waals surface area contributed by atoms with E-state index in [4.69, 9.17) is 30.4 Å². The van der Waals surface area contributed by atoms with Gasteiger partial charge in [0.25, 0.3) is 10.1 Å². The van der Waals surface area contributed by atoms with Crippen LogP contribution in [0.3, 0.4) is 0 Å². The summed E-state index contributed by atoms with van der Waals surface area (Å²) in [7, 11) is 1.93. The zero-order valence-corrected chi connectivity index (χ0v) is 25.9. The van der Waals surface area contributed by atoms with E-state index in [1.54, 1.807) is 38.4 Å². The molecule has 1 heterocycles. The number of amides is 1. The van der Waals surface area contributed by atoms with Gasteiger partial charge in [0.1, 0.15) is 23.6 Å². The maximum absolute atomic E-state index is 12.2. The highest BCUT2D eigenvalue weighted by molar-refractivity contribution is 7.85. The summed E-state index contributed by atoms with van der Waals surface area (Å²) in [5.74, 6) is 1.59. The van der Waals surface area contributed by atoms with Crippen LogP contribution in [0.15, 0.2) is 59.8 Å². The summed E-state index contributed by atoms with van der Waals surface area (Å²) < 4.78 is 45.2. The third-order valence-corrected chi connectivity index (χ3v) is 7.49. The second-order valence-corrected chi connectivity index (χ2v) is 11.0. The molecule has 0 aliphatic rings. The van der Waals surface area contributed by atoms with E-state index in [0.29, 0.717) is 51.0 Å². The molecular formula is C29H33ClN4O8S. The predicted molar refractivity (Wildman–Crippen MR) is 164 cm³/mol. The van der Waals surface area contributed by atoms with Crippen LogP contribution in [0, 0.1) is 6.92 Å². The molecule has 0 spiro atoms. The maximum atomic E-state index is 12.2. The van der Waals surface area contributed by atoms with Crippen LogP contribution in [0.1, 0.15) is 16.7 Å². The number of hydrogen-bond acceptors (Lipinski definition) is 10. The van der Waals surface area contributed by atoms with Crippen molar-refractivity contribution in [2.24, 2.45) is 0 Å². The van der Waals surface area contributed by atoms with Gasteiger partial charge in [0.2, 0.25) is 0 Å². The Morgan fingerprint density at radius 1 is 1.05 bits per heavy atom. The van der Waals surface area contributed by atoms with E-state index in [1.807, 2.05) is 19.1 Å². The standard InChI is InChI=1S/C22H25ClN4O5.C7H8O3S/c1-27(22(29)32-4)17-10-15-19(14(7-8-28)20(17)31-3)25-12-26-21(15)24-11-13-5-6-18(30-2)16(23)9-13;1-6-2-4-7(5-3-6)11(8,9)10/h5-6,9-10,12,28H,7-8,11H2,1-4H3,(H,24,25,26);2-5H,1H3,(H,8,9,10). The third-order valence-electron chi connectivity index (χ3n) is 6.33. The Balaban J connectivity index is 0.000000386. The number of aliphatic hydroxyl groups excluding tert-OH is 1. The lowest BCUT2D eigenvalue weighted by molar-refractivity contribution is 0.180. The number of carbonyl (C=O) groups excluding carboxylic acids is 1. The average Bonchev–Trinajstić information content (AvgIpc) is 2.99. The Hall–Kier alpha value is -4.17. The van der Waals surface area contributed by atoms with E-state index in [2.05, 4.69) is 15.3 Å². The molecule has 0 fully saturated rings. The minimum atomic E-state index is -4.02. The van der Waals surface area contributed by atoms with Crippen LogP contribution in [0.2, 0.25) is 5.02 Å². The topological polar surface area (TPSA) is 160 Å². The van der Waals surface area contributed by atoms with Gasteiger partial charge < -0.3 is 24.6 Å². The molecule has 0 aliphatic carbocycles. The number of ether oxygens (including phenoxy) is 3. The van der Waals surface area contributed by atoms with E-state index in [9.17, 15) is 18.3 Å². The maximum Gasteiger partial charge on any atom is 0.413 e. The molecule has 14 heteroatoms. The molecule has 230 valence electrons. The van der Waals surface area contributed by atoms with Gasteiger partial charge in [-0.3, -0.25) is 9.45 Å². The first-order valence-corrected chi connectivity index (χ1v) is 14.6. The number of methoxy groups -OCH3 is 3. The molecule has 0 atom stereocenters. The summed E-state index contributed by atoms with van der Waals surface area (Å²) >= 11 is 6.23. The van der Waals surface area contributed by atoms with Crippen molar-refractivity contribution in [1.82, 2.24) is 9.97 Å². The molecule has 0 unspecified atom stereocenters. The number of halogens is 1. The highest BCUT2D eigenvalue weighted by atomic mass is 35.5. The molecule has 0 saturated heterocycles. The van der Waals surface area contributed by atoms with E-state index >= 15 is 0 Å². The zero-order valence-electron chi connectivity index (χ0n) is 24.3. The van der Waals surface area contributed by atoms with Gasteiger partial charge in [-0.05, 0) is 42.8 Å². The van der Waals surface area contributed by atoms with Crippen LogP contribution in [-0.2, 0) is 27.8 Å². The molecule has 4 rings (SSSR count). The van der Waals surface area contributed by atoms with Gasteiger partial charge in [-0.1, -0.05) is 35.4 Å². The average molecular weight is 633 g/mol. The number of anilines is 2. The van der Waals surface area contributed by atoms with Crippen molar-refractivity contribution in [2.45, 2.75) is 24.8 Å². The molecule has 4 aromatic rings. The monoisotopic (exact) mass is 632 g/mol. The lowest BCUT2D eigenvalue weighted by Gasteiger charge is -2.22. The Labute approximate surface area is 254 Å². The molecular weight excluding hydrogens is 600 g/mol. The van der Waals surface area contributed by atoms with Crippen LogP contribution in [-0.4, -0.2) is 69.1 Å². The van der Waals surface area contributed by atoms with Gasteiger partial charge >= 0.3 is 6.09 Å². The van der Waals surface area contributed by atoms with Gasteiger partial charge in [0.15, 0.2) is 0 Å². The number of nitrogens with one attached hydrogen (secondary N) is 1. The van der Waals surface area contributed by atoms with Gasteiger partial charge in [-0.25, -0.2) is 14.8 Å². The highest BCUT2D eigenvalue weighted by Gasteiger charge is 2.23. The van der Waals surface area contributed by atoms with Crippen molar-refractivity contribution in [1.29, 1.82) is 0 Å². The first kappa shape index (κ1) is 33.3. The summed E-state index contributed by atoms with van der Waals surface area (Å²) in [6.07, 6.45) is 1.17. The highest BCUT2D eigenvalue weighted by Crippen LogP contribution is 2.39. The summed E-state index contributed by atoms with van der Waals surface area (Å²) in [4.78, 5) is 22.3. The van der Waals surface area contributed by atoms with Gasteiger partial charge in [0, 0.05) is 37.6 Å². The molecule has 0 saturated carbocycles. The number of carbonyl (C=O) groups is 1. The van der Waals surface area contributed by atoms with Crippen LogP contribution in [0.4, 0.5) is 16.3 Å². The predicted octanol–water partition coefficient (Wildman–Crippen LogP) is 4.89. The molecule has 3 aromatic carbocycles. The van der Waals surface area contributed by atoms with E-state index in [-0.39, 0.29) is 17.9 Å². The van der Waals surface area contributed by atoms with Crippen molar-refractivity contribution in [3.8, 4) is 11.5 Å². The normalized spacial score (nSPS) is 10.9. The Morgan fingerprint density at radius 2 is 1.74 bits per heavy atom. The number of hydrogen-bond donors (Lipinski definition) is 3. The minimum Gasteiger partial charge on any atom is -0.495 e. The van der Waals surface area contributed by atoms with Gasteiger partial charge in [0.05, 0.1) is 42.5 Å². The Morgan fingerprint density at radius 3 is 2.30 bits per heavy atom. The Bertz CT molecular complexity index is 1680. The number of rotatable bonds is 9. The molecule has 43 heavy (non-hydrogen) atoms. The van der Waals surface area contributed by atoms with Crippen LogP contribution < -0.4 is 19.7 Å². The summed E-state index contributed by atoms with van der Waals surface area (Å²) in [6, 6.07) is 13.3. The van der Waals surface area contributed by atoms with Crippen molar-refractivity contribution in [2.75, 3.05) is 45.2 Å². The van der Waals surface area contributed by atoms with Gasteiger partial charge in [-0.15, -0.1) is 0 Å². The summed E-state index contributed by atoms with van der Waals surface area (Å²) in [5, 5.41) is 14.1. The number of fused-ring (bicyclic) bond motifs is 1. The van der Waals surface area contributed by atoms with E-state index in [0.717, 1.165) is 11.1 Å². The minimum absolute atomic E-state index is 0.0666. The molecule has 0 aliphatic heterocycles. The lowest BCUT2D eigenvalue weighted by Crippen LogP contribution is -2.26.